The average molecular weight is 809 g/mol. The highest BCUT2D eigenvalue weighted by Crippen LogP contribution is 2.51. The van der Waals surface area contributed by atoms with Gasteiger partial charge in [-0.2, -0.15) is 0 Å². The van der Waals surface area contributed by atoms with Crippen LogP contribution in [0.4, 0.5) is 0 Å². The van der Waals surface area contributed by atoms with Crippen molar-refractivity contribution < 1.29 is 0 Å². The van der Waals surface area contributed by atoms with Crippen molar-refractivity contribution in [1.82, 2.24) is 0 Å². The molecule has 0 bridgehead atoms. The van der Waals surface area contributed by atoms with E-state index in [0.717, 1.165) is 0 Å². The van der Waals surface area contributed by atoms with E-state index in [1.807, 2.05) is 0 Å². The van der Waals surface area contributed by atoms with Gasteiger partial charge in [0.1, 0.15) is 0 Å². The molecule has 64 heavy (non-hydrogen) atoms. The van der Waals surface area contributed by atoms with E-state index in [1.165, 1.54) is 131 Å². The second-order valence-electron chi connectivity index (χ2n) is 17.2. The van der Waals surface area contributed by atoms with E-state index in [-0.39, 0.29) is 0 Å². The zero-order valence-corrected chi connectivity index (χ0v) is 35.1. The van der Waals surface area contributed by atoms with Crippen LogP contribution in [0.15, 0.2) is 243 Å². The molecule has 0 fully saturated rings. The molecule has 13 aromatic carbocycles. The fourth-order valence-corrected chi connectivity index (χ4v) is 10.6. The number of hydrogen-bond donors (Lipinski definition) is 0. The van der Waals surface area contributed by atoms with Gasteiger partial charge in [-0.3, -0.25) is 0 Å². The Hall–Kier alpha value is -8.32. The van der Waals surface area contributed by atoms with Crippen LogP contribution in [0.25, 0.3) is 131 Å². The second kappa shape index (κ2) is 14.7. The molecular formula is C64H40. The van der Waals surface area contributed by atoms with E-state index in [0.29, 0.717) is 0 Å². The molecule has 0 heteroatoms. The van der Waals surface area contributed by atoms with Crippen molar-refractivity contribution in [3.8, 4) is 55.6 Å². The molecule has 0 heterocycles. The summed E-state index contributed by atoms with van der Waals surface area (Å²) in [5, 5.41) is 17.4. The van der Waals surface area contributed by atoms with Crippen molar-refractivity contribution in [2.45, 2.75) is 0 Å². The van der Waals surface area contributed by atoms with E-state index in [9.17, 15) is 0 Å². The van der Waals surface area contributed by atoms with E-state index in [4.69, 9.17) is 0 Å². The molecule has 0 atom stereocenters. The molecule has 13 rings (SSSR count). The minimum absolute atomic E-state index is 1.20. The molecular weight excluding hydrogens is 769 g/mol. The van der Waals surface area contributed by atoms with Crippen LogP contribution in [0.2, 0.25) is 0 Å². The first kappa shape index (κ1) is 36.3. The van der Waals surface area contributed by atoms with Crippen molar-refractivity contribution in [3.63, 3.8) is 0 Å². The molecule has 0 radical (unpaired) electrons. The molecule has 0 saturated carbocycles. The fraction of sp³-hybridized carbons (Fsp3) is 0. The molecule has 0 nitrogen and oxygen atoms in total. The maximum Gasteiger partial charge on any atom is -0.00201 e. The molecule has 0 aliphatic heterocycles. The number of hydrogen-bond acceptors (Lipinski definition) is 0. The smallest absolute Gasteiger partial charge is 0.00201 e. The van der Waals surface area contributed by atoms with Gasteiger partial charge in [0.2, 0.25) is 0 Å². The largest absolute Gasteiger partial charge is 0.0622 e. The highest BCUT2D eigenvalue weighted by molar-refractivity contribution is 6.30. The maximum absolute atomic E-state index is 2.55. The summed E-state index contributed by atoms with van der Waals surface area (Å²) >= 11 is 0. The van der Waals surface area contributed by atoms with Crippen LogP contribution >= 0.6 is 0 Å². The first-order chi connectivity index (χ1) is 31.7. The average Bonchev–Trinajstić information content (AvgIpc) is 3.37. The Kier molecular flexibility index (Phi) is 8.32. The van der Waals surface area contributed by atoms with Crippen LogP contribution in [0.1, 0.15) is 0 Å². The highest BCUT2D eigenvalue weighted by atomic mass is 14.3. The summed E-state index contributed by atoms with van der Waals surface area (Å²) in [7, 11) is 0. The van der Waals surface area contributed by atoms with Gasteiger partial charge in [-0.05, 0) is 167 Å². The minimum Gasteiger partial charge on any atom is -0.0622 e. The van der Waals surface area contributed by atoms with Crippen LogP contribution in [0.3, 0.4) is 0 Å². The quantitative estimate of drug-likeness (QED) is 0.120. The molecule has 0 unspecified atom stereocenters. The molecule has 0 N–H and O–H groups in total. The lowest BCUT2D eigenvalue weighted by molar-refractivity contribution is 1.63. The topological polar surface area (TPSA) is 0 Å². The van der Waals surface area contributed by atoms with Gasteiger partial charge in [0.25, 0.3) is 0 Å². The van der Waals surface area contributed by atoms with Crippen LogP contribution < -0.4 is 0 Å². The SMILES string of the molecule is c1ccc(-c2ccc3c(-c4ccc5ccccc5c4)c4cc5c(cc4c(-c4ccc6ccccc6c4)c3c2)c(-c2ccccc2)c(-c2ccc3ccccc3c2)c2ccccc25)cc1. The van der Waals surface area contributed by atoms with E-state index >= 15 is 0 Å². The monoisotopic (exact) mass is 808 g/mol. The number of benzene rings is 13. The van der Waals surface area contributed by atoms with E-state index < -0.39 is 0 Å². The van der Waals surface area contributed by atoms with Gasteiger partial charge >= 0.3 is 0 Å². The van der Waals surface area contributed by atoms with Crippen LogP contribution in [-0.2, 0) is 0 Å². The van der Waals surface area contributed by atoms with Crippen LogP contribution in [0, 0.1) is 0 Å². The van der Waals surface area contributed by atoms with Gasteiger partial charge in [0.05, 0.1) is 0 Å². The summed E-state index contributed by atoms with van der Waals surface area (Å²) in [5.74, 6) is 0. The Morgan fingerprint density at radius 1 is 0.141 bits per heavy atom. The Bertz CT molecular complexity index is 3990. The first-order valence-corrected chi connectivity index (χ1v) is 22.2. The fourth-order valence-electron chi connectivity index (χ4n) is 10.6. The highest BCUT2D eigenvalue weighted by Gasteiger charge is 2.23. The Morgan fingerprint density at radius 2 is 0.500 bits per heavy atom. The Morgan fingerprint density at radius 3 is 1.06 bits per heavy atom. The van der Waals surface area contributed by atoms with Crippen molar-refractivity contribution >= 4 is 75.4 Å². The van der Waals surface area contributed by atoms with E-state index in [2.05, 4.69) is 243 Å². The van der Waals surface area contributed by atoms with Gasteiger partial charge in [-0.25, -0.2) is 0 Å². The lowest BCUT2D eigenvalue weighted by Gasteiger charge is -2.23. The van der Waals surface area contributed by atoms with Crippen molar-refractivity contribution in [3.05, 3.63) is 243 Å². The molecule has 296 valence electrons. The summed E-state index contributed by atoms with van der Waals surface area (Å²) < 4.78 is 0. The number of rotatable bonds is 5. The second-order valence-corrected chi connectivity index (χ2v) is 17.2. The predicted octanol–water partition coefficient (Wildman–Crippen LogP) is 18.1. The molecule has 13 aromatic rings. The lowest BCUT2D eigenvalue weighted by atomic mass is 9.80. The molecule has 0 aromatic heterocycles. The first-order valence-electron chi connectivity index (χ1n) is 22.2. The molecule has 0 aliphatic rings. The molecule has 0 spiro atoms. The normalized spacial score (nSPS) is 11.8. The Balaban J connectivity index is 1.26. The summed E-state index contributed by atoms with van der Waals surface area (Å²) in [6.45, 7) is 0. The van der Waals surface area contributed by atoms with Gasteiger partial charge in [-0.1, -0.05) is 206 Å². The third kappa shape index (κ3) is 5.84. The standard InChI is InChI=1S/C64H40/c1-3-15-41(16-4-1)49-33-34-55-57(38-49)62(51-31-28-43-18-8-11-23-47(43)36-51)60-40-58-56(39-59(60)61(55)50-30-27-42-17-7-10-22-46(42)35-50)53-25-13-14-26-54(53)64(63(58)45-20-5-2-6-21-45)52-32-29-44-19-9-12-24-48(44)37-52/h1-40H. The number of fused-ring (bicyclic) bond motifs is 8. The summed E-state index contributed by atoms with van der Waals surface area (Å²) in [6.07, 6.45) is 0. The van der Waals surface area contributed by atoms with Gasteiger partial charge in [0, 0.05) is 0 Å². The van der Waals surface area contributed by atoms with Gasteiger partial charge < -0.3 is 0 Å². The molecule has 0 aliphatic carbocycles. The molecule has 0 amide bonds. The van der Waals surface area contributed by atoms with Crippen LogP contribution in [0.5, 0.6) is 0 Å². The van der Waals surface area contributed by atoms with E-state index in [1.54, 1.807) is 0 Å². The van der Waals surface area contributed by atoms with Crippen molar-refractivity contribution in [2.24, 2.45) is 0 Å². The predicted molar refractivity (Wildman–Crippen MR) is 276 cm³/mol. The zero-order valence-electron chi connectivity index (χ0n) is 35.1. The van der Waals surface area contributed by atoms with Gasteiger partial charge in [-0.15, -0.1) is 0 Å². The lowest BCUT2D eigenvalue weighted by Crippen LogP contribution is -1.95. The van der Waals surface area contributed by atoms with Crippen molar-refractivity contribution in [2.75, 3.05) is 0 Å². The summed E-state index contributed by atoms with van der Waals surface area (Å²) in [5.41, 5.74) is 12.3. The third-order valence-corrected chi connectivity index (χ3v) is 13.5. The summed E-state index contributed by atoms with van der Waals surface area (Å²) in [4.78, 5) is 0. The zero-order chi connectivity index (χ0) is 42.1. The van der Waals surface area contributed by atoms with Gasteiger partial charge in [0.15, 0.2) is 0 Å². The minimum atomic E-state index is 1.20. The van der Waals surface area contributed by atoms with Crippen LogP contribution in [-0.4, -0.2) is 0 Å². The third-order valence-electron chi connectivity index (χ3n) is 13.5. The van der Waals surface area contributed by atoms with Crippen molar-refractivity contribution in [1.29, 1.82) is 0 Å². The molecule has 0 saturated heterocycles. The maximum atomic E-state index is 2.55. The summed E-state index contributed by atoms with van der Waals surface area (Å²) in [6, 6.07) is 90.4. The Labute approximate surface area is 371 Å².